The zero-order valence-corrected chi connectivity index (χ0v) is 10.4. The molecular weight excluding hydrogens is 224 g/mol. The van der Waals surface area contributed by atoms with Crippen molar-refractivity contribution in [3.8, 4) is 17.2 Å². The number of pyridine rings is 1. The van der Waals surface area contributed by atoms with Gasteiger partial charge in [0.05, 0.1) is 0 Å². The van der Waals surface area contributed by atoms with E-state index < -0.39 is 0 Å². The number of rotatable bonds is 2. The monoisotopic (exact) mass is 238 g/mol. The van der Waals surface area contributed by atoms with E-state index in [0.29, 0.717) is 0 Å². The maximum Gasteiger partial charge on any atom is 0.266 e. The van der Waals surface area contributed by atoms with Gasteiger partial charge in [-0.15, -0.1) is 0 Å². The summed E-state index contributed by atoms with van der Waals surface area (Å²) in [6.45, 7) is 3.88. The van der Waals surface area contributed by atoms with Crippen LogP contribution in [-0.2, 0) is 6.42 Å². The van der Waals surface area contributed by atoms with Crippen LogP contribution in [0.5, 0.6) is 0 Å². The van der Waals surface area contributed by atoms with Crippen LogP contribution in [0.3, 0.4) is 0 Å². The van der Waals surface area contributed by atoms with Crippen molar-refractivity contribution >= 4 is 0 Å². The molecule has 3 heteroatoms. The third-order valence-electron chi connectivity index (χ3n) is 2.97. The summed E-state index contributed by atoms with van der Waals surface area (Å²) in [7, 11) is 0. The number of hydrogen-bond donors (Lipinski definition) is 1. The van der Waals surface area contributed by atoms with E-state index in [-0.39, 0.29) is 11.1 Å². The largest absolute Gasteiger partial charge is 0.325 e. The molecule has 90 valence electrons. The van der Waals surface area contributed by atoms with Crippen LogP contribution in [0.25, 0.3) is 11.1 Å². The Hall–Kier alpha value is -2.34. The summed E-state index contributed by atoms with van der Waals surface area (Å²) in [5.74, 6) is 0. The Bertz CT molecular complexity index is 678. The van der Waals surface area contributed by atoms with Crippen molar-refractivity contribution in [3.05, 3.63) is 57.5 Å². The van der Waals surface area contributed by atoms with Crippen molar-refractivity contribution in [2.75, 3.05) is 0 Å². The van der Waals surface area contributed by atoms with E-state index in [1.54, 1.807) is 0 Å². The predicted molar refractivity (Wildman–Crippen MR) is 71.3 cm³/mol. The SMILES string of the molecule is CCc1ccccc1-c1cc(C)[nH]c(=O)c1C#N. The van der Waals surface area contributed by atoms with Crippen molar-refractivity contribution in [3.63, 3.8) is 0 Å². The molecule has 2 rings (SSSR count). The van der Waals surface area contributed by atoms with Crippen molar-refractivity contribution < 1.29 is 0 Å². The molecule has 0 radical (unpaired) electrons. The summed E-state index contributed by atoms with van der Waals surface area (Å²) in [5.41, 5.74) is 3.45. The Morgan fingerprint density at radius 3 is 2.67 bits per heavy atom. The lowest BCUT2D eigenvalue weighted by Crippen LogP contribution is -2.13. The molecular formula is C15H14N2O. The van der Waals surface area contributed by atoms with Gasteiger partial charge in [0.15, 0.2) is 0 Å². The number of nitrogens with zero attached hydrogens (tertiary/aromatic N) is 1. The van der Waals surface area contributed by atoms with Gasteiger partial charge in [0.25, 0.3) is 5.56 Å². The topological polar surface area (TPSA) is 56.6 Å². The van der Waals surface area contributed by atoms with E-state index in [9.17, 15) is 4.79 Å². The van der Waals surface area contributed by atoms with Crippen LogP contribution in [0.15, 0.2) is 35.1 Å². The predicted octanol–water partition coefficient (Wildman–Crippen LogP) is 2.78. The van der Waals surface area contributed by atoms with Crippen LogP contribution in [0.1, 0.15) is 23.7 Å². The second-order valence-electron chi connectivity index (χ2n) is 4.19. The van der Waals surface area contributed by atoms with Gasteiger partial charge in [-0.3, -0.25) is 4.79 Å². The standard InChI is InChI=1S/C15H14N2O/c1-3-11-6-4-5-7-12(11)13-8-10(2)17-15(18)14(13)9-16/h4-8H,3H2,1-2H3,(H,17,18). The third kappa shape index (κ3) is 2.05. The van der Waals surface area contributed by atoms with Gasteiger partial charge in [0.1, 0.15) is 11.6 Å². The van der Waals surface area contributed by atoms with Crippen LogP contribution >= 0.6 is 0 Å². The molecule has 0 saturated carbocycles. The van der Waals surface area contributed by atoms with Gasteiger partial charge >= 0.3 is 0 Å². The fourth-order valence-electron chi connectivity index (χ4n) is 2.10. The summed E-state index contributed by atoms with van der Waals surface area (Å²) in [4.78, 5) is 14.4. The first kappa shape index (κ1) is 12.1. The van der Waals surface area contributed by atoms with E-state index in [1.807, 2.05) is 43.3 Å². The number of H-pyrrole nitrogens is 1. The van der Waals surface area contributed by atoms with Crippen LogP contribution < -0.4 is 5.56 Å². The van der Waals surface area contributed by atoms with Crippen LogP contribution in [0.2, 0.25) is 0 Å². The molecule has 3 nitrogen and oxygen atoms in total. The molecule has 0 unspecified atom stereocenters. The lowest BCUT2D eigenvalue weighted by Gasteiger charge is -2.09. The molecule has 1 N–H and O–H groups in total. The van der Waals surface area contributed by atoms with Gasteiger partial charge in [-0.05, 0) is 30.5 Å². The zero-order chi connectivity index (χ0) is 13.1. The number of hydrogen-bond acceptors (Lipinski definition) is 2. The van der Waals surface area contributed by atoms with Gasteiger partial charge in [-0.25, -0.2) is 0 Å². The number of aromatic nitrogens is 1. The molecule has 1 aromatic carbocycles. The normalized spacial score (nSPS) is 10.1. The van der Waals surface area contributed by atoms with Gasteiger partial charge < -0.3 is 4.98 Å². The Morgan fingerprint density at radius 1 is 1.28 bits per heavy atom. The maximum absolute atomic E-state index is 11.8. The van der Waals surface area contributed by atoms with Crippen LogP contribution in [0.4, 0.5) is 0 Å². The van der Waals surface area contributed by atoms with Crippen LogP contribution in [-0.4, -0.2) is 4.98 Å². The van der Waals surface area contributed by atoms with Gasteiger partial charge in [0, 0.05) is 11.3 Å². The minimum absolute atomic E-state index is 0.182. The first-order chi connectivity index (χ1) is 8.67. The lowest BCUT2D eigenvalue weighted by atomic mass is 9.95. The molecule has 1 heterocycles. The van der Waals surface area contributed by atoms with Gasteiger partial charge in [0.2, 0.25) is 0 Å². The lowest BCUT2D eigenvalue weighted by molar-refractivity contribution is 1.11. The molecule has 0 atom stereocenters. The van der Waals surface area contributed by atoms with E-state index in [2.05, 4.69) is 11.9 Å². The average molecular weight is 238 g/mol. The number of benzene rings is 1. The summed E-state index contributed by atoms with van der Waals surface area (Å²) < 4.78 is 0. The van der Waals surface area contributed by atoms with Crippen molar-refractivity contribution in [1.29, 1.82) is 5.26 Å². The first-order valence-electron chi connectivity index (χ1n) is 5.89. The molecule has 1 aromatic heterocycles. The van der Waals surface area contributed by atoms with E-state index in [0.717, 1.165) is 28.8 Å². The molecule has 0 aliphatic rings. The summed E-state index contributed by atoms with van der Waals surface area (Å²) in [6.07, 6.45) is 0.868. The third-order valence-corrected chi connectivity index (χ3v) is 2.97. The highest BCUT2D eigenvalue weighted by Gasteiger charge is 2.12. The molecule has 0 aliphatic carbocycles. The second kappa shape index (κ2) is 4.89. The smallest absolute Gasteiger partial charge is 0.266 e. The molecule has 0 bridgehead atoms. The fraction of sp³-hybridized carbons (Fsp3) is 0.200. The Labute approximate surface area is 106 Å². The number of nitriles is 1. The average Bonchev–Trinajstić information content (AvgIpc) is 2.38. The first-order valence-corrected chi connectivity index (χ1v) is 5.89. The highest BCUT2D eigenvalue weighted by Crippen LogP contribution is 2.25. The Morgan fingerprint density at radius 2 is 2.00 bits per heavy atom. The molecule has 0 spiro atoms. The summed E-state index contributed by atoms with van der Waals surface area (Å²) in [6, 6.07) is 11.7. The van der Waals surface area contributed by atoms with Gasteiger partial charge in [-0.2, -0.15) is 5.26 Å². The minimum Gasteiger partial charge on any atom is -0.325 e. The van der Waals surface area contributed by atoms with E-state index >= 15 is 0 Å². The highest BCUT2D eigenvalue weighted by atomic mass is 16.1. The number of nitrogens with one attached hydrogen (secondary N) is 1. The van der Waals surface area contributed by atoms with E-state index in [4.69, 9.17) is 5.26 Å². The summed E-state index contributed by atoms with van der Waals surface area (Å²) in [5, 5.41) is 9.15. The molecule has 0 saturated heterocycles. The van der Waals surface area contributed by atoms with Crippen molar-refractivity contribution in [2.45, 2.75) is 20.3 Å². The van der Waals surface area contributed by atoms with E-state index in [1.165, 1.54) is 0 Å². The Kier molecular flexibility index (Phi) is 3.29. The molecule has 0 amide bonds. The maximum atomic E-state index is 11.8. The quantitative estimate of drug-likeness (QED) is 0.874. The number of aromatic amines is 1. The Balaban J connectivity index is 2.79. The summed E-state index contributed by atoms with van der Waals surface area (Å²) >= 11 is 0. The van der Waals surface area contributed by atoms with Crippen molar-refractivity contribution in [1.82, 2.24) is 4.98 Å². The second-order valence-corrected chi connectivity index (χ2v) is 4.19. The molecule has 18 heavy (non-hydrogen) atoms. The van der Waals surface area contributed by atoms with Gasteiger partial charge in [-0.1, -0.05) is 31.2 Å². The van der Waals surface area contributed by atoms with Crippen molar-refractivity contribution in [2.24, 2.45) is 0 Å². The molecule has 0 aliphatic heterocycles. The minimum atomic E-state index is -0.321. The number of aryl methyl sites for hydroxylation is 2. The molecule has 2 aromatic rings. The zero-order valence-electron chi connectivity index (χ0n) is 10.4. The fourth-order valence-corrected chi connectivity index (χ4v) is 2.10. The highest BCUT2D eigenvalue weighted by molar-refractivity contribution is 5.73. The molecule has 0 fully saturated rings. The van der Waals surface area contributed by atoms with Crippen LogP contribution in [0, 0.1) is 18.3 Å².